The number of carbonyl (C=O) groups excluding carboxylic acids is 1. The summed E-state index contributed by atoms with van der Waals surface area (Å²) in [5, 5.41) is 3.56. The van der Waals surface area contributed by atoms with Crippen LogP contribution in [0.1, 0.15) is 46.5 Å². The van der Waals surface area contributed by atoms with E-state index in [1.165, 1.54) is 38.9 Å². The van der Waals surface area contributed by atoms with Crippen LogP contribution in [-0.4, -0.2) is 67.3 Å². The fourth-order valence-corrected chi connectivity index (χ4v) is 3.06. The summed E-state index contributed by atoms with van der Waals surface area (Å²) < 4.78 is 5.47. The topological polar surface area (TPSA) is 44.8 Å². The zero-order valence-corrected chi connectivity index (χ0v) is 14.6. The Morgan fingerprint density at radius 3 is 2.64 bits per heavy atom. The number of hydrogen-bond acceptors (Lipinski definition) is 4. The van der Waals surface area contributed by atoms with E-state index >= 15 is 0 Å². The minimum atomic E-state index is -0.404. The summed E-state index contributed by atoms with van der Waals surface area (Å²) in [6, 6.07) is 0. The van der Waals surface area contributed by atoms with Crippen molar-refractivity contribution < 1.29 is 9.53 Å². The summed E-state index contributed by atoms with van der Waals surface area (Å²) >= 11 is 0. The highest BCUT2D eigenvalue weighted by Gasteiger charge is 2.27. The Labute approximate surface area is 135 Å². The van der Waals surface area contributed by atoms with E-state index in [0.29, 0.717) is 5.92 Å². The van der Waals surface area contributed by atoms with Gasteiger partial charge in [0.2, 0.25) is 0 Å². The van der Waals surface area contributed by atoms with Gasteiger partial charge in [-0.25, -0.2) is 4.79 Å². The molecule has 0 unspecified atom stereocenters. The molecule has 0 spiro atoms. The number of amides is 1. The Hall–Kier alpha value is -0.810. The highest BCUT2D eigenvalue weighted by molar-refractivity contribution is 5.68. The van der Waals surface area contributed by atoms with Gasteiger partial charge in [0, 0.05) is 13.1 Å². The van der Waals surface area contributed by atoms with Crippen molar-refractivity contribution in [2.75, 3.05) is 45.8 Å². The van der Waals surface area contributed by atoms with Crippen LogP contribution in [0.25, 0.3) is 0 Å². The van der Waals surface area contributed by atoms with E-state index in [-0.39, 0.29) is 6.09 Å². The lowest BCUT2D eigenvalue weighted by Crippen LogP contribution is -2.45. The Kier molecular flexibility index (Phi) is 6.50. The maximum atomic E-state index is 12.1. The third kappa shape index (κ3) is 6.13. The molecule has 1 amide bonds. The summed E-state index contributed by atoms with van der Waals surface area (Å²) in [5.41, 5.74) is -0.404. The molecule has 2 saturated heterocycles. The molecular formula is C17H33N3O2. The SMILES string of the molecule is CC(C)(C)OC(=O)N1CCC[C@H](CNCCCN2CCC2)C1. The van der Waals surface area contributed by atoms with E-state index in [0.717, 1.165) is 32.6 Å². The number of likely N-dealkylation sites (tertiary alicyclic amines) is 2. The fourth-order valence-electron chi connectivity index (χ4n) is 3.06. The molecule has 0 aromatic rings. The monoisotopic (exact) mass is 311 g/mol. The van der Waals surface area contributed by atoms with Crippen LogP contribution in [0, 0.1) is 5.92 Å². The first kappa shape index (κ1) is 17.5. The predicted octanol–water partition coefficient (Wildman–Crippen LogP) is 2.32. The van der Waals surface area contributed by atoms with E-state index in [1.807, 2.05) is 25.7 Å². The number of piperidine rings is 1. The van der Waals surface area contributed by atoms with E-state index in [2.05, 4.69) is 10.2 Å². The van der Waals surface area contributed by atoms with Crippen LogP contribution < -0.4 is 5.32 Å². The molecule has 2 fully saturated rings. The van der Waals surface area contributed by atoms with Crippen molar-refractivity contribution >= 4 is 6.09 Å². The first-order valence-corrected chi connectivity index (χ1v) is 8.85. The molecule has 0 aliphatic carbocycles. The van der Waals surface area contributed by atoms with Crippen LogP contribution in [0.5, 0.6) is 0 Å². The third-order valence-corrected chi connectivity index (χ3v) is 4.38. The Bertz CT molecular complexity index is 350. The molecule has 1 atom stereocenters. The second kappa shape index (κ2) is 8.16. The second-order valence-corrected chi connectivity index (χ2v) is 7.69. The molecule has 1 N–H and O–H groups in total. The van der Waals surface area contributed by atoms with Gasteiger partial charge in [-0.2, -0.15) is 0 Å². The smallest absolute Gasteiger partial charge is 0.410 e. The van der Waals surface area contributed by atoms with E-state index in [4.69, 9.17) is 4.74 Å². The number of nitrogens with one attached hydrogen (secondary N) is 1. The van der Waals surface area contributed by atoms with Gasteiger partial charge in [0.15, 0.2) is 0 Å². The minimum Gasteiger partial charge on any atom is -0.444 e. The standard InChI is InChI=1S/C17H33N3O2/c1-17(2,3)22-16(21)20-12-4-7-15(14-20)13-18-8-5-9-19-10-6-11-19/h15,18H,4-14H2,1-3H3/t15-/m1/s1. The molecular weight excluding hydrogens is 278 g/mol. The van der Waals surface area contributed by atoms with Gasteiger partial charge in [0.1, 0.15) is 5.60 Å². The molecule has 0 bridgehead atoms. The van der Waals surface area contributed by atoms with Crippen molar-refractivity contribution in [3.63, 3.8) is 0 Å². The number of nitrogens with zero attached hydrogens (tertiary/aromatic N) is 2. The van der Waals surface area contributed by atoms with Crippen molar-refractivity contribution in [1.82, 2.24) is 15.1 Å². The summed E-state index contributed by atoms with van der Waals surface area (Å²) in [4.78, 5) is 16.5. The van der Waals surface area contributed by atoms with Gasteiger partial charge >= 0.3 is 6.09 Å². The maximum Gasteiger partial charge on any atom is 0.410 e. The van der Waals surface area contributed by atoms with Crippen LogP contribution in [0.15, 0.2) is 0 Å². The molecule has 5 heteroatoms. The van der Waals surface area contributed by atoms with Crippen LogP contribution in [0.3, 0.4) is 0 Å². The molecule has 22 heavy (non-hydrogen) atoms. The van der Waals surface area contributed by atoms with Crippen molar-refractivity contribution in [3.05, 3.63) is 0 Å². The molecule has 5 nitrogen and oxygen atoms in total. The quantitative estimate of drug-likeness (QED) is 0.765. The van der Waals surface area contributed by atoms with Crippen LogP contribution in [0.4, 0.5) is 4.79 Å². The first-order valence-electron chi connectivity index (χ1n) is 8.85. The van der Waals surface area contributed by atoms with E-state index in [9.17, 15) is 4.79 Å². The van der Waals surface area contributed by atoms with Crippen LogP contribution >= 0.6 is 0 Å². The Balaban J connectivity index is 1.59. The molecule has 0 radical (unpaired) electrons. The summed E-state index contributed by atoms with van der Waals surface area (Å²) in [5.74, 6) is 0.560. The fraction of sp³-hybridized carbons (Fsp3) is 0.941. The van der Waals surface area contributed by atoms with Gasteiger partial charge in [0.25, 0.3) is 0 Å². The summed E-state index contributed by atoms with van der Waals surface area (Å²) in [7, 11) is 0. The average molecular weight is 311 g/mol. The number of carbonyl (C=O) groups is 1. The van der Waals surface area contributed by atoms with Crippen molar-refractivity contribution in [2.45, 2.75) is 52.1 Å². The second-order valence-electron chi connectivity index (χ2n) is 7.69. The van der Waals surface area contributed by atoms with Gasteiger partial charge < -0.3 is 19.9 Å². The molecule has 2 aliphatic heterocycles. The molecule has 0 saturated carbocycles. The lowest BCUT2D eigenvalue weighted by Gasteiger charge is -2.34. The number of rotatable bonds is 6. The average Bonchev–Trinajstić information content (AvgIpc) is 2.39. The summed E-state index contributed by atoms with van der Waals surface area (Å²) in [6.07, 6.45) is 4.73. The summed E-state index contributed by atoms with van der Waals surface area (Å²) in [6.45, 7) is 13.3. The number of ether oxygens (including phenoxy) is 1. The molecule has 0 aromatic heterocycles. The van der Waals surface area contributed by atoms with Crippen molar-refractivity contribution in [2.24, 2.45) is 5.92 Å². The van der Waals surface area contributed by atoms with E-state index < -0.39 is 5.60 Å². The zero-order valence-electron chi connectivity index (χ0n) is 14.6. The molecule has 0 aromatic carbocycles. The van der Waals surface area contributed by atoms with E-state index in [1.54, 1.807) is 0 Å². The van der Waals surface area contributed by atoms with Gasteiger partial charge in [-0.15, -0.1) is 0 Å². The highest BCUT2D eigenvalue weighted by Crippen LogP contribution is 2.18. The molecule has 2 rings (SSSR count). The van der Waals surface area contributed by atoms with Gasteiger partial charge in [0.05, 0.1) is 0 Å². The zero-order chi connectivity index (χ0) is 16.0. The Morgan fingerprint density at radius 2 is 2.00 bits per heavy atom. The molecule has 128 valence electrons. The van der Waals surface area contributed by atoms with Gasteiger partial charge in [-0.05, 0) is 85.1 Å². The Morgan fingerprint density at radius 1 is 1.23 bits per heavy atom. The lowest BCUT2D eigenvalue weighted by atomic mass is 9.98. The highest BCUT2D eigenvalue weighted by atomic mass is 16.6. The largest absolute Gasteiger partial charge is 0.444 e. The third-order valence-electron chi connectivity index (χ3n) is 4.38. The van der Waals surface area contributed by atoms with Crippen LogP contribution in [0.2, 0.25) is 0 Å². The van der Waals surface area contributed by atoms with Crippen LogP contribution in [-0.2, 0) is 4.74 Å². The van der Waals surface area contributed by atoms with Crippen molar-refractivity contribution in [1.29, 1.82) is 0 Å². The van der Waals surface area contributed by atoms with Crippen molar-refractivity contribution in [3.8, 4) is 0 Å². The first-order chi connectivity index (χ1) is 10.4. The predicted molar refractivity (Wildman–Crippen MR) is 89.1 cm³/mol. The normalized spacial score (nSPS) is 23.2. The minimum absolute atomic E-state index is 0.157. The number of hydrogen-bond donors (Lipinski definition) is 1. The molecule has 2 heterocycles. The lowest BCUT2D eigenvalue weighted by molar-refractivity contribution is 0.0166. The molecule has 2 aliphatic rings. The van der Waals surface area contributed by atoms with Gasteiger partial charge in [-0.1, -0.05) is 0 Å². The van der Waals surface area contributed by atoms with Gasteiger partial charge in [-0.3, -0.25) is 0 Å². The maximum absolute atomic E-state index is 12.1.